The minimum Gasteiger partial charge on any atom is -0.496 e. The maximum absolute atomic E-state index is 12.7. The van der Waals surface area contributed by atoms with Gasteiger partial charge >= 0.3 is 0 Å². The molecule has 2 atom stereocenters. The summed E-state index contributed by atoms with van der Waals surface area (Å²) in [6.07, 6.45) is 0.724. The van der Waals surface area contributed by atoms with Crippen LogP contribution in [0.3, 0.4) is 0 Å². The number of carbonyl (C=O) groups excluding carboxylic acids is 2. The Bertz CT molecular complexity index is 683. The van der Waals surface area contributed by atoms with Gasteiger partial charge < -0.3 is 19.6 Å². The van der Waals surface area contributed by atoms with Crippen LogP contribution >= 0.6 is 23.2 Å². The molecule has 1 aliphatic rings. The summed E-state index contributed by atoms with van der Waals surface area (Å²) in [5.74, 6) is 0.0415. The lowest BCUT2D eigenvalue weighted by atomic mass is 9.95. The van der Waals surface area contributed by atoms with Crippen LogP contribution in [0.15, 0.2) is 12.1 Å². The van der Waals surface area contributed by atoms with E-state index >= 15 is 0 Å². The predicted octanol–water partition coefficient (Wildman–Crippen LogP) is 2.55. The quantitative estimate of drug-likeness (QED) is 0.793. The zero-order valence-corrected chi connectivity index (χ0v) is 16.7. The van der Waals surface area contributed by atoms with Gasteiger partial charge in [-0.05, 0) is 32.4 Å². The molecule has 144 valence electrons. The Kier molecular flexibility index (Phi) is 7.15. The third-order valence-electron chi connectivity index (χ3n) is 4.81. The van der Waals surface area contributed by atoms with Crippen molar-refractivity contribution in [3.8, 4) is 5.75 Å². The molecule has 1 aromatic rings. The highest BCUT2D eigenvalue weighted by atomic mass is 35.5. The molecule has 1 heterocycles. The van der Waals surface area contributed by atoms with E-state index in [1.165, 1.54) is 4.90 Å². The number of benzene rings is 1. The third-order valence-corrected chi connectivity index (χ3v) is 5.63. The van der Waals surface area contributed by atoms with Gasteiger partial charge in [0, 0.05) is 30.6 Å². The monoisotopic (exact) mass is 402 g/mol. The first-order chi connectivity index (χ1) is 12.3. The van der Waals surface area contributed by atoms with Crippen LogP contribution in [0.4, 0.5) is 0 Å². The van der Waals surface area contributed by atoms with E-state index in [0.717, 1.165) is 12.0 Å². The second kappa shape index (κ2) is 8.93. The van der Waals surface area contributed by atoms with Crippen molar-refractivity contribution in [1.29, 1.82) is 0 Å². The Morgan fingerprint density at radius 2 is 2.08 bits per heavy atom. The van der Waals surface area contributed by atoms with E-state index in [1.54, 1.807) is 31.1 Å². The SMILES string of the molecule is CCN(CC(=O)N1C[C@@H](c2c(OC)ccc(Cl)c2Cl)C[C@H]1C)C(=O)CO. The highest BCUT2D eigenvalue weighted by molar-refractivity contribution is 6.42. The lowest BCUT2D eigenvalue weighted by molar-refractivity contribution is -0.142. The smallest absolute Gasteiger partial charge is 0.248 e. The number of aliphatic hydroxyl groups excluding tert-OH is 1. The first-order valence-corrected chi connectivity index (χ1v) is 9.29. The number of likely N-dealkylation sites (N-methyl/N-ethyl adjacent to an activating group) is 1. The van der Waals surface area contributed by atoms with Gasteiger partial charge in [-0.1, -0.05) is 23.2 Å². The van der Waals surface area contributed by atoms with Crippen molar-refractivity contribution in [2.75, 3.05) is 33.4 Å². The molecule has 1 N–H and O–H groups in total. The Balaban J connectivity index is 2.19. The van der Waals surface area contributed by atoms with E-state index in [1.807, 2.05) is 6.92 Å². The summed E-state index contributed by atoms with van der Waals surface area (Å²) in [4.78, 5) is 27.5. The molecular weight excluding hydrogens is 379 g/mol. The molecule has 0 aromatic heterocycles. The summed E-state index contributed by atoms with van der Waals surface area (Å²) >= 11 is 12.6. The third kappa shape index (κ3) is 4.24. The van der Waals surface area contributed by atoms with Crippen LogP contribution in [0.25, 0.3) is 0 Å². The zero-order valence-electron chi connectivity index (χ0n) is 15.2. The molecule has 0 spiro atoms. The number of hydrogen-bond acceptors (Lipinski definition) is 4. The minimum atomic E-state index is -0.603. The summed E-state index contributed by atoms with van der Waals surface area (Å²) in [6.45, 7) is 3.93. The van der Waals surface area contributed by atoms with Crippen molar-refractivity contribution < 1.29 is 19.4 Å². The Labute approximate surface area is 163 Å². The fraction of sp³-hybridized carbons (Fsp3) is 0.556. The molecule has 8 heteroatoms. The second-order valence-electron chi connectivity index (χ2n) is 6.37. The highest BCUT2D eigenvalue weighted by Gasteiger charge is 2.36. The molecule has 2 rings (SSSR count). The molecule has 1 aliphatic heterocycles. The maximum atomic E-state index is 12.7. The van der Waals surface area contributed by atoms with Crippen LogP contribution in [-0.2, 0) is 9.59 Å². The van der Waals surface area contributed by atoms with Crippen molar-refractivity contribution in [3.63, 3.8) is 0 Å². The predicted molar refractivity (Wildman–Crippen MR) is 101 cm³/mol. The van der Waals surface area contributed by atoms with Crippen molar-refractivity contribution >= 4 is 35.0 Å². The number of rotatable bonds is 6. The van der Waals surface area contributed by atoms with Crippen LogP contribution < -0.4 is 4.74 Å². The molecule has 0 bridgehead atoms. The molecule has 2 amide bonds. The van der Waals surface area contributed by atoms with Gasteiger partial charge in [-0.15, -0.1) is 0 Å². The van der Waals surface area contributed by atoms with Crippen molar-refractivity contribution in [2.45, 2.75) is 32.2 Å². The molecule has 0 unspecified atom stereocenters. The van der Waals surface area contributed by atoms with E-state index in [4.69, 9.17) is 33.0 Å². The number of hydrogen-bond donors (Lipinski definition) is 1. The minimum absolute atomic E-state index is 0.00119. The van der Waals surface area contributed by atoms with Crippen molar-refractivity contribution in [1.82, 2.24) is 9.80 Å². The zero-order chi connectivity index (χ0) is 19.4. The molecule has 6 nitrogen and oxygen atoms in total. The number of amides is 2. The summed E-state index contributed by atoms with van der Waals surface area (Å²) in [5.41, 5.74) is 0.808. The van der Waals surface area contributed by atoms with Gasteiger partial charge in [-0.2, -0.15) is 0 Å². The van der Waals surface area contributed by atoms with E-state index in [2.05, 4.69) is 0 Å². The molecule has 1 saturated heterocycles. The molecule has 0 saturated carbocycles. The molecule has 0 radical (unpaired) electrons. The Morgan fingerprint density at radius 3 is 2.65 bits per heavy atom. The number of aliphatic hydroxyl groups is 1. The van der Waals surface area contributed by atoms with Crippen LogP contribution in [0.5, 0.6) is 5.75 Å². The summed E-state index contributed by atoms with van der Waals surface area (Å²) in [5, 5.41) is 9.91. The fourth-order valence-electron chi connectivity index (χ4n) is 3.43. The van der Waals surface area contributed by atoms with E-state index in [-0.39, 0.29) is 24.4 Å². The molecule has 26 heavy (non-hydrogen) atoms. The van der Waals surface area contributed by atoms with Crippen molar-refractivity contribution in [3.05, 3.63) is 27.7 Å². The standard InChI is InChI=1S/C18H24Cl2N2O4/c1-4-21(16(25)10-23)9-15(24)22-8-12(7-11(22)2)17-14(26-3)6-5-13(19)18(17)20/h5-6,11-12,23H,4,7-10H2,1-3H3/t11-,12+/m1/s1. The number of ether oxygens (including phenoxy) is 1. The molecule has 1 aromatic carbocycles. The summed E-state index contributed by atoms with van der Waals surface area (Å²) in [6, 6.07) is 3.46. The first-order valence-electron chi connectivity index (χ1n) is 8.53. The number of carbonyl (C=O) groups is 2. The Morgan fingerprint density at radius 1 is 1.38 bits per heavy atom. The average Bonchev–Trinajstić information content (AvgIpc) is 3.02. The van der Waals surface area contributed by atoms with Gasteiger partial charge in [-0.25, -0.2) is 0 Å². The molecule has 0 aliphatic carbocycles. The van der Waals surface area contributed by atoms with E-state index < -0.39 is 12.5 Å². The lowest BCUT2D eigenvalue weighted by Crippen LogP contribution is -2.44. The average molecular weight is 403 g/mol. The fourth-order valence-corrected chi connectivity index (χ4v) is 3.90. The van der Waals surface area contributed by atoms with Crippen LogP contribution in [0.1, 0.15) is 31.7 Å². The van der Waals surface area contributed by atoms with Gasteiger partial charge in [0.2, 0.25) is 11.8 Å². The number of methoxy groups -OCH3 is 1. The summed E-state index contributed by atoms with van der Waals surface area (Å²) in [7, 11) is 1.57. The van der Waals surface area contributed by atoms with Crippen molar-refractivity contribution in [2.24, 2.45) is 0 Å². The highest BCUT2D eigenvalue weighted by Crippen LogP contribution is 2.43. The van der Waals surface area contributed by atoms with Crippen LogP contribution in [-0.4, -0.2) is 66.1 Å². The first kappa shape index (κ1) is 20.8. The molecule has 1 fully saturated rings. The second-order valence-corrected chi connectivity index (χ2v) is 7.16. The van der Waals surface area contributed by atoms with Gasteiger partial charge in [0.15, 0.2) is 0 Å². The lowest BCUT2D eigenvalue weighted by Gasteiger charge is -2.26. The molecular formula is C18H24Cl2N2O4. The topological polar surface area (TPSA) is 70.1 Å². The van der Waals surface area contributed by atoms with Crippen LogP contribution in [0, 0.1) is 0 Å². The van der Waals surface area contributed by atoms with Gasteiger partial charge in [-0.3, -0.25) is 9.59 Å². The number of nitrogens with zero attached hydrogens (tertiary/aromatic N) is 2. The van der Waals surface area contributed by atoms with Gasteiger partial charge in [0.05, 0.1) is 23.7 Å². The van der Waals surface area contributed by atoms with Crippen LogP contribution in [0.2, 0.25) is 10.0 Å². The van der Waals surface area contributed by atoms with Gasteiger partial charge in [0.25, 0.3) is 0 Å². The maximum Gasteiger partial charge on any atom is 0.248 e. The number of halogens is 2. The van der Waals surface area contributed by atoms with E-state index in [0.29, 0.717) is 28.9 Å². The largest absolute Gasteiger partial charge is 0.496 e. The van der Waals surface area contributed by atoms with E-state index in [9.17, 15) is 9.59 Å². The normalized spacial score (nSPS) is 19.5. The Hall–Kier alpha value is -1.50. The van der Waals surface area contributed by atoms with Gasteiger partial charge in [0.1, 0.15) is 12.4 Å². The number of likely N-dealkylation sites (tertiary alicyclic amines) is 1. The summed E-state index contributed by atoms with van der Waals surface area (Å²) < 4.78 is 5.43.